The van der Waals surface area contributed by atoms with Crippen molar-refractivity contribution in [3.05, 3.63) is 202 Å². The van der Waals surface area contributed by atoms with Gasteiger partial charge in [-0.1, -0.05) is 60.7 Å². The Labute approximate surface area is 348 Å². The van der Waals surface area contributed by atoms with Crippen LogP contribution in [0.25, 0.3) is 28.1 Å². The van der Waals surface area contributed by atoms with Crippen molar-refractivity contribution < 1.29 is 26.3 Å². The average molecular weight is 827 g/mol. The quantitative estimate of drug-likeness (QED) is 0.104. The monoisotopic (exact) mass is 826 g/mol. The molecule has 6 aromatic rings. The topological polar surface area (TPSA) is 121 Å². The molecule has 0 fully saturated rings. The molecule has 0 radical (unpaired) electrons. The van der Waals surface area contributed by atoms with Gasteiger partial charge in [0, 0.05) is 69.9 Å². The number of ether oxygens (including phenoxy) is 2. The molecule has 0 saturated carbocycles. The number of nitriles is 1. The molecule has 294 valence electrons. The minimum absolute atomic E-state index is 0.0205. The van der Waals surface area contributed by atoms with Gasteiger partial charge in [-0.2, -0.15) is 5.26 Å². The van der Waals surface area contributed by atoms with Crippen molar-refractivity contribution in [3.8, 4) is 28.7 Å². The van der Waals surface area contributed by atoms with Crippen molar-refractivity contribution in [3.63, 3.8) is 0 Å². The van der Waals surface area contributed by atoms with Gasteiger partial charge in [-0.15, -0.1) is 0 Å². The maximum atomic E-state index is 12.3. The average Bonchev–Trinajstić information content (AvgIpc) is 3.24. The van der Waals surface area contributed by atoms with Crippen LogP contribution in [0.5, 0.6) is 11.5 Å². The van der Waals surface area contributed by atoms with Gasteiger partial charge >= 0.3 is 5.03 Å². The third-order valence-corrected chi connectivity index (χ3v) is 11.8. The summed E-state index contributed by atoms with van der Waals surface area (Å²) in [5.74, 6) is 0.804. The highest BCUT2D eigenvalue weighted by molar-refractivity contribution is 7.95. The Morgan fingerprint density at radius 2 is 0.933 bits per heavy atom. The van der Waals surface area contributed by atoms with Crippen molar-refractivity contribution in [2.24, 2.45) is 0 Å². The molecule has 10 nitrogen and oxygen atoms in total. The highest BCUT2D eigenvalue weighted by atomic mass is 32.2. The summed E-state index contributed by atoms with van der Waals surface area (Å²) in [5, 5.41) is 9.13. The molecule has 6 aromatic carbocycles. The number of anilines is 6. The summed E-state index contributed by atoms with van der Waals surface area (Å²) in [7, 11) is -7.60. The summed E-state index contributed by atoms with van der Waals surface area (Å²) < 4.78 is 61.2. The Kier molecular flexibility index (Phi) is 10.4. The molecule has 0 atom stereocenters. The summed E-state index contributed by atoms with van der Waals surface area (Å²) in [6.07, 6.45) is 8.44. The molecule has 8 rings (SSSR count). The van der Waals surface area contributed by atoms with Gasteiger partial charge in [0.2, 0.25) is 0 Å². The molecule has 0 unspecified atom stereocenters. The summed E-state index contributed by atoms with van der Waals surface area (Å²) in [4.78, 5) is 6.94. The molecule has 0 spiro atoms. The molecular formula is C48H34N4O6S2. The fourth-order valence-corrected chi connectivity index (χ4v) is 8.23. The van der Waals surface area contributed by atoms with E-state index in [-0.39, 0.29) is 11.5 Å². The number of nitrogens with zero attached hydrogens (tertiary/aromatic N) is 4. The van der Waals surface area contributed by atoms with Crippen LogP contribution in [0.4, 0.5) is 34.1 Å². The fraction of sp³-hybridized carbons (Fsp3) is 0.0417. The maximum absolute atomic E-state index is 12.3. The summed E-state index contributed by atoms with van der Waals surface area (Å²) in [5.41, 5.74) is 8.53. The zero-order chi connectivity index (χ0) is 42.0. The lowest BCUT2D eigenvalue weighted by Crippen LogP contribution is -2.12. The van der Waals surface area contributed by atoms with Gasteiger partial charge in [0.15, 0.2) is 30.3 Å². The first-order chi connectivity index (χ1) is 28.9. The maximum Gasteiger partial charge on any atom is 0.319 e. The molecule has 2 aliphatic heterocycles. The van der Waals surface area contributed by atoms with E-state index in [1.807, 2.05) is 146 Å². The van der Waals surface area contributed by atoms with Crippen LogP contribution in [0.15, 0.2) is 179 Å². The number of sulfone groups is 2. The minimum atomic E-state index is -3.80. The Morgan fingerprint density at radius 3 is 1.33 bits per heavy atom. The van der Waals surface area contributed by atoms with Crippen molar-refractivity contribution in [2.75, 3.05) is 22.3 Å². The second-order valence-corrected chi connectivity index (χ2v) is 17.8. The SMILES string of the molecule is [C-]#[N+]/C(=C1/C=Cc2ccc(N(c3ccccc3)c3ccc(-c4ccc(N(c5ccccc5)c5ccc6c(c5)O/C(=C(\C#N)S(C)(=O)=O)C=C6)cc4)cc3)cc2O1)S(C)(=O)=O. The second-order valence-electron chi connectivity index (χ2n) is 13.9. The number of allylic oxidation sites excluding steroid dienone is 3. The number of fused-ring (bicyclic) bond motifs is 2. The molecule has 12 heteroatoms. The van der Waals surface area contributed by atoms with Gasteiger partial charge in [-0.25, -0.2) is 21.7 Å². The molecule has 0 N–H and O–H groups in total. The number of para-hydroxylation sites is 2. The third kappa shape index (κ3) is 7.93. The first-order valence-corrected chi connectivity index (χ1v) is 22.3. The van der Waals surface area contributed by atoms with E-state index in [2.05, 4.69) is 14.6 Å². The number of hydrogen-bond donors (Lipinski definition) is 0. The van der Waals surface area contributed by atoms with Crippen LogP contribution in [0.2, 0.25) is 0 Å². The van der Waals surface area contributed by atoms with Crippen LogP contribution >= 0.6 is 0 Å². The Morgan fingerprint density at radius 1 is 0.533 bits per heavy atom. The number of hydrogen-bond acceptors (Lipinski definition) is 9. The van der Waals surface area contributed by atoms with Crippen LogP contribution in [0.3, 0.4) is 0 Å². The van der Waals surface area contributed by atoms with Crippen molar-refractivity contribution >= 4 is 66.0 Å². The third-order valence-electron chi connectivity index (χ3n) is 9.75. The van der Waals surface area contributed by atoms with E-state index in [0.717, 1.165) is 68.9 Å². The Bertz CT molecular complexity index is 2880. The molecule has 0 saturated heterocycles. The molecule has 0 bridgehead atoms. The van der Waals surface area contributed by atoms with Crippen LogP contribution in [0, 0.1) is 17.9 Å². The molecule has 0 aromatic heterocycles. The smallest absolute Gasteiger partial charge is 0.319 e. The number of benzene rings is 6. The van der Waals surface area contributed by atoms with Crippen molar-refractivity contribution in [2.45, 2.75) is 0 Å². The lowest BCUT2D eigenvalue weighted by Gasteiger charge is -2.27. The normalized spacial score (nSPS) is 14.6. The van der Waals surface area contributed by atoms with E-state index in [0.29, 0.717) is 11.5 Å². The van der Waals surface area contributed by atoms with E-state index in [1.54, 1.807) is 18.2 Å². The van der Waals surface area contributed by atoms with Crippen molar-refractivity contribution in [1.82, 2.24) is 0 Å². The van der Waals surface area contributed by atoms with E-state index < -0.39 is 29.6 Å². The van der Waals surface area contributed by atoms with Crippen LogP contribution in [-0.2, 0) is 19.7 Å². The Hall–Kier alpha value is -7.64. The standard InChI is InChI=1S/C48H34N4O6S2/c1-50-48(60(3,55)56)44-29-21-36-19-27-42(31-46(36)58-44)52(38-12-8-5-9-13-38)40-24-16-34(17-25-40)33-14-22-39(23-15-33)51(37-10-6-4-7-11-37)41-26-18-35-20-28-43(57-45(35)30-41)47(32-49)59(2,53)54/h4-31H,2-3H3/b47-43+,48-44+. The molecule has 2 heterocycles. The molecular weight excluding hydrogens is 793 g/mol. The largest absolute Gasteiger partial charge is 0.467 e. The molecule has 2 aliphatic rings. The van der Waals surface area contributed by atoms with Crippen LogP contribution in [0.1, 0.15) is 11.1 Å². The summed E-state index contributed by atoms with van der Waals surface area (Å²) in [6, 6.07) is 49.1. The molecule has 60 heavy (non-hydrogen) atoms. The molecule has 0 amide bonds. The van der Waals surface area contributed by atoms with Gasteiger partial charge in [0.1, 0.15) is 23.3 Å². The number of rotatable bonds is 9. The van der Waals surface area contributed by atoms with Gasteiger partial charge < -0.3 is 19.3 Å². The summed E-state index contributed by atoms with van der Waals surface area (Å²) >= 11 is 0. The van der Waals surface area contributed by atoms with Crippen LogP contribution < -0.4 is 19.3 Å². The fourth-order valence-electron chi connectivity index (χ4n) is 6.95. The lowest BCUT2D eigenvalue weighted by molar-refractivity contribution is 0.437. The first-order valence-electron chi connectivity index (χ1n) is 18.5. The van der Waals surface area contributed by atoms with E-state index in [4.69, 9.17) is 16.0 Å². The van der Waals surface area contributed by atoms with Gasteiger partial charge in [-0.3, -0.25) is 0 Å². The predicted molar refractivity (Wildman–Crippen MR) is 237 cm³/mol. The van der Waals surface area contributed by atoms with E-state index in [1.165, 1.54) is 12.2 Å². The zero-order valence-corrected chi connectivity index (χ0v) is 33.9. The van der Waals surface area contributed by atoms with Gasteiger partial charge in [0.25, 0.3) is 0 Å². The van der Waals surface area contributed by atoms with E-state index >= 15 is 0 Å². The zero-order valence-electron chi connectivity index (χ0n) is 32.2. The minimum Gasteiger partial charge on any atom is -0.467 e. The van der Waals surface area contributed by atoms with Gasteiger partial charge in [0.05, 0.1) is 6.57 Å². The van der Waals surface area contributed by atoms with Crippen LogP contribution in [-0.4, -0.2) is 29.3 Å². The predicted octanol–water partition coefficient (Wildman–Crippen LogP) is 11.0. The van der Waals surface area contributed by atoms with Gasteiger partial charge in [-0.05, 0) is 108 Å². The Balaban J connectivity index is 1.11. The highest BCUT2D eigenvalue weighted by Gasteiger charge is 2.25. The van der Waals surface area contributed by atoms with E-state index in [9.17, 15) is 22.1 Å². The second kappa shape index (κ2) is 16.0. The lowest BCUT2D eigenvalue weighted by atomic mass is 10.0. The molecule has 0 aliphatic carbocycles. The highest BCUT2D eigenvalue weighted by Crippen LogP contribution is 2.42. The van der Waals surface area contributed by atoms with Crippen molar-refractivity contribution in [1.29, 1.82) is 5.26 Å². The summed E-state index contributed by atoms with van der Waals surface area (Å²) in [6.45, 7) is 7.45. The first kappa shape index (κ1) is 39.2.